The van der Waals surface area contributed by atoms with Crippen molar-refractivity contribution >= 4 is 11.8 Å². The van der Waals surface area contributed by atoms with Crippen LogP contribution in [0, 0.1) is 0 Å². The summed E-state index contributed by atoms with van der Waals surface area (Å²) in [6.07, 6.45) is 4.36. The second-order valence-electron chi connectivity index (χ2n) is 7.44. The summed E-state index contributed by atoms with van der Waals surface area (Å²) in [6.45, 7) is 4.65. The van der Waals surface area contributed by atoms with Gasteiger partial charge in [-0.15, -0.1) is 0 Å². The lowest BCUT2D eigenvalue weighted by atomic mass is 9.93. The lowest BCUT2D eigenvalue weighted by Gasteiger charge is -2.37. The van der Waals surface area contributed by atoms with E-state index in [0.717, 1.165) is 57.5 Å². The van der Waals surface area contributed by atoms with E-state index in [-0.39, 0.29) is 5.56 Å². The van der Waals surface area contributed by atoms with Gasteiger partial charge in [0, 0.05) is 65.1 Å². The first-order valence-electron chi connectivity index (χ1n) is 10.1. The molecule has 0 saturated carbocycles. The summed E-state index contributed by atoms with van der Waals surface area (Å²) in [7, 11) is 3.57. The fourth-order valence-corrected chi connectivity index (χ4v) is 4.01. The van der Waals surface area contributed by atoms with Crippen LogP contribution in [-0.2, 0) is 7.05 Å². The summed E-state index contributed by atoms with van der Waals surface area (Å²) in [4.78, 5) is 25.4. The van der Waals surface area contributed by atoms with Gasteiger partial charge in [-0.05, 0) is 18.1 Å². The highest BCUT2D eigenvalue weighted by Gasteiger charge is 2.25. The smallest absolute Gasteiger partial charge is 0.293 e. The molecule has 3 heterocycles. The summed E-state index contributed by atoms with van der Waals surface area (Å²) >= 11 is 0. The third kappa shape index (κ3) is 4.06. The van der Waals surface area contributed by atoms with Gasteiger partial charge in [0.05, 0.1) is 6.61 Å². The molecule has 1 atom stereocenters. The number of benzene rings is 1. The Bertz CT molecular complexity index is 933. The zero-order valence-corrected chi connectivity index (χ0v) is 17.0. The van der Waals surface area contributed by atoms with Crippen LogP contribution in [-0.4, -0.2) is 66.8 Å². The number of aryl methyl sites for hydroxylation is 1. The Labute approximate surface area is 170 Å². The van der Waals surface area contributed by atoms with Crippen molar-refractivity contribution in [2.45, 2.75) is 12.3 Å². The molecule has 1 saturated heterocycles. The molecule has 8 nitrogen and oxygen atoms in total. The predicted octanol–water partition coefficient (Wildman–Crippen LogP) is 1.04. The van der Waals surface area contributed by atoms with Crippen molar-refractivity contribution in [1.29, 1.82) is 0 Å². The molecule has 154 valence electrons. The normalized spacial score (nSPS) is 19.5. The van der Waals surface area contributed by atoms with E-state index in [1.165, 1.54) is 5.56 Å². The van der Waals surface area contributed by atoms with Gasteiger partial charge in [-0.1, -0.05) is 18.2 Å². The highest BCUT2D eigenvalue weighted by molar-refractivity contribution is 5.80. The fraction of sp³-hybridized carbons (Fsp3) is 0.476. The van der Waals surface area contributed by atoms with Crippen molar-refractivity contribution in [2.75, 3.05) is 51.3 Å². The summed E-state index contributed by atoms with van der Waals surface area (Å²) in [6, 6.07) is 8.27. The van der Waals surface area contributed by atoms with Crippen LogP contribution in [0.15, 0.2) is 46.4 Å². The van der Waals surface area contributed by atoms with E-state index in [2.05, 4.69) is 37.2 Å². The average molecular weight is 396 g/mol. The van der Waals surface area contributed by atoms with Crippen LogP contribution in [0.5, 0.6) is 5.75 Å². The van der Waals surface area contributed by atoms with Crippen molar-refractivity contribution in [2.24, 2.45) is 12.0 Å². The molecule has 8 heteroatoms. The maximum atomic E-state index is 12.3. The number of hydrogen-bond donors (Lipinski definition) is 1. The van der Waals surface area contributed by atoms with Gasteiger partial charge >= 0.3 is 0 Å². The molecule has 0 amide bonds. The van der Waals surface area contributed by atoms with Crippen LogP contribution in [0.4, 0.5) is 5.82 Å². The van der Waals surface area contributed by atoms with Crippen molar-refractivity contribution in [3.05, 3.63) is 52.6 Å². The van der Waals surface area contributed by atoms with Crippen LogP contribution in [0.25, 0.3) is 0 Å². The highest BCUT2D eigenvalue weighted by Crippen LogP contribution is 2.32. The largest absolute Gasteiger partial charge is 0.493 e. The monoisotopic (exact) mass is 396 g/mol. The number of anilines is 1. The highest BCUT2D eigenvalue weighted by atomic mass is 16.5. The van der Waals surface area contributed by atoms with Crippen LogP contribution in [0.3, 0.4) is 0 Å². The lowest BCUT2D eigenvalue weighted by Crippen LogP contribution is -2.54. The second kappa shape index (κ2) is 8.55. The number of ether oxygens (including phenoxy) is 1. The first-order chi connectivity index (χ1) is 14.2. The summed E-state index contributed by atoms with van der Waals surface area (Å²) < 4.78 is 7.34. The van der Waals surface area contributed by atoms with Crippen LogP contribution in [0.1, 0.15) is 17.9 Å². The Balaban J connectivity index is 1.36. The topological polar surface area (TPSA) is 75.0 Å². The van der Waals surface area contributed by atoms with Crippen molar-refractivity contribution < 1.29 is 4.74 Å². The minimum Gasteiger partial charge on any atom is -0.493 e. The zero-order valence-electron chi connectivity index (χ0n) is 17.0. The first kappa shape index (κ1) is 19.3. The molecule has 1 aromatic heterocycles. The lowest BCUT2D eigenvalue weighted by molar-refractivity contribution is 0.266. The number of aromatic nitrogens is 2. The third-order valence-electron chi connectivity index (χ3n) is 5.68. The maximum absolute atomic E-state index is 12.3. The van der Waals surface area contributed by atoms with Gasteiger partial charge in [-0.2, -0.15) is 0 Å². The third-order valence-corrected chi connectivity index (χ3v) is 5.68. The Hall–Kier alpha value is -3.03. The Morgan fingerprint density at radius 3 is 2.86 bits per heavy atom. The summed E-state index contributed by atoms with van der Waals surface area (Å²) in [5.74, 6) is 2.83. The van der Waals surface area contributed by atoms with Gasteiger partial charge in [-0.3, -0.25) is 9.79 Å². The van der Waals surface area contributed by atoms with Crippen LogP contribution < -0.4 is 20.5 Å². The molecule has 1 unspecified atom stereocenters. The number of aliphatic imine (C=N–C) groups is 1. The molecule has 1 N–H and O–H groups in total. The summed E-state index contributed by atoms with van der Waals surface area (Å²) in [5, 5.41) is 3.55. The van der Waals surface area contributed by atoms with E-state index in [4.69, 9.17) is 4.74 Å². The Kier molecular flexibility index (Phi) is 5.69. The van der Waals surface area contributed by atoms with Gasteiger partial charge in [0.15, 0.2) is 11.8 Å². The van der Waals surface area contributed by atoms with Crippen LogP contribution in [0.2, 0.25) is 0 Å². The van der Waals surface area contributed by atoms with Gasteiger partial charge < -0.3 is 24.4 Å². The molecule has 2 aliphatic rings. The molecule has 4 rings (SSSR count). The standard InChI is InChI=1S/C21H28N6O2/c1-22-21(24-15-16-7-14-29-18-6-4-3-5-17(16)18)27-12-10-26(11-13-27)19-20(28)25(2)9-8-23-19/h3-6,8-9,16H,7,10-15H2,1-2H3,(H,22,24). The van der Waals surface area contributed by atoms with Crippen molar-refractivity contribution in [3.63, 3.8) is 0 Å². The molecule has 29 heavy (non-hydrogen) atoms. The number of para-hydroxylation sites is 1. The summed E-state index contributed by atoms with van der Waals surface area (Å²) in [5.41, 5.74) is 1.21. The van der Waals surface area contributed by atoms with Crippen molar-refractivity contribution in [3.8, 4) is 5.75 Å². The number of rotatable bonds is 3. The van der Waals surface area contributed by atoms with E-state index in [0.29, 0.717) is 11.7 Å². The van der Waals surface area contributed by atoms with E-state index >= 15 is 0 Å². The molecule has 1 aromatic carbocycles. The number of piperazine rings is 1. The number of guanidine groups is 1. The van der Waals surface area contributed by atoms with Gasteiger partial charge in [0.1, 0.15) is 5.75 Å². The SMILES string of the molecule is CN=C(NCC1CCOc2ccccc21)N1CCN(c2nccn(C)c2=O)CC1. The van der Waals surface area contributed by atoms with Gasteiger partial charge in [0.2, 0.25) is 0 Å². The quantitative estimate of drug-likeness (QED) is 0.617. The molecule has 0 spiro atoms. The molecule has 1 fully saturated rings. The molecule has 2 aromatic rings. The van der Waals surface area contributed by atoms with Gasteiger partial charge in [0.25, 0.3) is 5.56 Å². The molecule has 0 aliphatic carbocycles. The number of hydrogen-bond acceptors (Lipinski definition) is 5. The maximum Gasteiger partial charge on any atom is 0.293 e. The number of nitrogens with one attached hydrogen (secondary N) is 1. The van der Waals surface area contributed by atoms with Crippen LogP contribution >= 0.6 is 0 Å². The van der Waals surface area contributed by atoms with E-state index < -0.39 is 0 Å². The average Bonchev–Trinajstić information content (AvgIpc) is 2.77. The Morgan fingerprint density at radius 1 is 1.28 bits per heavy atom. The number of fused-ring (bicyclic) bond motifs is 1. The minimum absolute atomic E-state index is 0.0540. The fourth-order valence-electron chi connectivity index (χ4n) is 4.01. The molecule has 2 aliphatic heterocycles. The van der Waals surface area contributed by atoms with E-state index in [1.54, 1.807) is 24.0 Å². The van der Waals surface area contributed by atoms with E-state index in [1.807, 2.05) is 19.2 Å². The molecule has 0 radical (unpaired) electrons. The molecular weight excluding hydrogens is 368 g/mol. The second-order valence-corrected chi connectivity index (χ2v) is 7.44. The van der Waals surface area contributed by atoms with E-state index in [9.17, 15) is 4.79 Å². The zero-order chi connectivity index (χ0) is 20.2. The molecular formula is C21H28N6O2. The van der Waals surface area contributed by atoms with Crippen molar-refractivity contribution in [1.82, 2.24) is 19.8 Å². The Morgan fingerprint density at radius 2 is 2.07 bits per heavy atom. The number of nitrogens with zero attached hydrogens (tertiary/aromatic N) is 5. The molecule has 0 bridgehead atoms. The predicted molar refractivity (Wildman–Crippen MR) is 114 cm³/mol. The minimum atomic E-state index is -0.0540. The first-order valence-corrected chi connectivity index (χ1v) is 10.1. The van der Waals surface area contributed by atoms with Gasteiger partial charge in [-0.25, -0.2) is 4.98 Å².